The number of nitrogens with one attached hydrogen (secondary N) is 1. The minimum Gasteiger partial charge on any atom is -0.482 e. The van der Waals surface area contributed by atoms with Gasteiger partial charge >= 0.3 is 0 Å². The molecule has 0 aliphatic rings. The smallest absolute Gasteiger partial charge is 0.258 e. The Morgan fingerprint density at radius 1 is 1.47 bits per heavy atom. The third-order valence-electron chi connectivity index (χ3n) is 2.41. The summed E-state index contributed by atoms with van der Waals surface area (Å²) < 4.78 is 5.34. The van der Waals surface area contributed by atoms with Crippen LogP contribution < -0.4 is 15.8 Å². The molecule has 1 aromatic carbocycles. The Morgan fingerprint density at radius 2 is 2.26 bits per heavy atom. The van der Waals surface area contributed by atoms with Gasteiger partial charge in [-0.05, 0) is 19.1 Å². The van der Waals surface area contributed by atoms with Crippen molar-refractivity contribution in [2.75, 3.05) is 12.3 Å². The summed E-state index contributed by atoms with van der Waals surface area (Å²) in [6.45, 7) is 2.28. The first-order valence-electron chi connectivity index (χ1n) is 5.80. The van der Waals surface area contributed by atoms with E-state index in [1.54, 1.807) is 23.5 Å². The summed E-state index contributed by atoms with van der Waals surface area (Å²) in [6.07, 6.45) is 0. The summed E-state index contributed by atoms with van der Waals surface area (Å²) in [5.74, 6) is 0.316. The second kappa shape index (κ2) is 6.19. The standard InChI is InChI=1S/C13H15N3O2S/c1-9-16-10(8-19-9)6-15-13(17)7-18-12-5-3-2-4-11(12)14/h2-5,8H,6-7,14H2,1H3,(H,15,17). The van der Waals surface area contributed by atoms with Crippen molar-refractivity contribution in [3.63, 3.8) is 0 Å². The topological polar surface area (TPSA) is 77.2 Å². The number of rotatable bonds is 5. The number of nitrogens with two attached hydrogens (primary N) is 1. The third-order valence-corrected chi connectivity index (χ3v) is 3.23. The summed E-state index contributed by atoms with van der Waals surface area (Å²) >= 11 is 1.56. The molecule has 0 aliphatic heterocycles. The van der Waals surface area contributed by atoms with Crippen LogP contribution in [0.4, 0.5) is 5.69 Å². The van der Waals surface area contributed by atoms with E-state index in [4.69, 9.17) is 10.5 Å². The van der Waals surface area contributed by atoms with Crippen molar-refractivity contribution in [3.05, 3.63) is 40.3 Å². The number of nitrogens with zero attached hydrogens (tertiary/aromatic N) is 1. The molecule has 0 atom stereocenters. The zero-order chi connectivity index (χ0) is 13.7. The predicted molar refractivity (Wildman–Crippen MR) is 75.0 cm³/mol. The van der Waals surface area contributed by atoms with Gasteiger partial charge in [0.05, 0.1) is 22.9 Å². The second-order valence-corrected chi connectivity index (χ2v) is 5.02. The summed E-state index contributed by atoms with van der Waals surface area (Å²) in [6, 6.07) is 7.08. The van der Waals surface area contributed by atoms with E-state index in [1.165, 1.54) is 0 Å². The lowest BCUT2D eigenvalue weighted by atomic mass is 10.3. The largest absolute Gasteiger partial charge is 0.482 e. The number of hydrogen-bond donors (Lipinski definition) is 2. The average molecular weight is 277 g/mol. The molecule has 5 nitrogen and oxygen atoms in total. The van der Waals surface area contributed by atoms with Crippen molar-refractivity contribution in [2.45, 2.75) is 13.5 Å². The summed E-state index contributed by atoms with van der Waals surface area (Å²) in [4.78, 5) is 15.9. The van der Waals surface area contributed by atoms with Crippen LogP contribution in [-0.4, -0.2) is 17.5 Å². The fraction of sp³-hybridized carbons (Fsp3) is 0.231. The normalized spacial score (nSPS) is 10.2. The summed E-state index contributed by atoms with van der Waals surface area (Å²) in [5, 5.41) is 5.65. The van der Waals surface area contributed by atoms with Gasteiger partial charge in [0.15, 0.2) is 6.61 Å². The van der Waals surface area contributed by atoms with Crippen molar-refractivity contribution in [3.8, 4) is 5.75 Å². The van der Waals surface area contributed by atoms with E-state index >= 15 is 0 Å². The van der Waals surface area contributed by atoms with E-state index < -0.39 is 0 Å². The number of nitrogen functional groups attached to an aromatic ring is 1. The summed E-state index contributed by atoms with van der Waals surface area (Å²) in [5.41, 5.74) is 7.08. The lowest BCUT2D eigenvalue weighted by molar-refractivity contribution is -0.123. The maximum absolute atomic E-state index is 11.6. The molecule has 0 saturated carbocycles. The average Bonchev–Trinajstić information content (AvgIpc) is 2.81. The molecular formula is C13H15N3O2S. The van der Waals surface area contributed by atoms with Gasteiger partial charge in [0.25, 0.3) is 5.91 Å². The predicted octanol–water partition coefficient (Wildman–Crippen LogP) is 1.73. The SMILES string of the molecule is Cc1nc(CNC(=O)COc2ccccc2N)cs1. The molecule has 0 unspecified atom stereocenters. The maximum Gasteiger partial charge on any atom is 0.258 e. The Hall–Kier alpha value is -2.08. The quantitative estimate of drug-likeness (QED) is 0.816. The number of aromatic nitrogens is 1. The Balaban J connectivity index is 1.77. The Bertz CT molecular complexity index is 569. The third kappa shape index (κ3) is 3.96. The van der Waals surface area contributed by atoms with E-state index in [0.717, 1.165) is 10.7 Å². The van der Waals surface area contributed by atoms with E-state index in [2.05, 4.69) is 10.3 Å². The molecule has 0 fully saturated rings. The van der Waals surface area contributed by atoms with Gasteiger partial charge in [-0.1, -0.05) is 12.1 Å². The van der Waals surface area contributed by atoms with Gasteiger partial charge in [0.2, 0.25) is 0 Å². The molecule has 1 aromatic heterocycles. The number of carbonyl (C=O) groups is 1. The van der Waals surface area contributed by atoms with Crippen LogP contribution in [0.2, 0.25) is 0 Å². The van der Waals surface area contributed by atoms with Gasteiger partial charge in [-0.3, -0.25) is 4.79 Å². The number of benzene rings is 1. The molecule has 2 rings (SSSR count). The first-order valence-corrected chi connectivity index (χ1v) is 6.68. The molecule has 6 heteroatoms. The minimum absolute atomic E-state index is 0.0582. The van der Waals surface area contributed by atoms with Gasteiger partial charge in [-0.25, -0.2) is 4.98 Å². The summed E-state index contributed by atoms with van der Waals surface area (Å²) in [7, 11) is 0. The van der Waals surface area contributed by atoms with E-state index in [9.17, 15) is 4.79 Å². The van der Waals surface area contributed by atoms with Crippen LogP contribution in [0, 0.1) is 6.92 Å². The Morgan fingerprint density at radius 3 is 2.95 bits per heavy atom. The fourth-order valence-electron chi connectivity index (χ4n) is 1.48. The van der Waals surface area contributed by atoms with Crippen LogP contribution in [0.5, 0.6) is 5.75 Å². The maximum atomic E-state index is 11.6. The molecule has 1 amide bonds. The van der Waals surface area contributed by atoms with Crippen LogP contribution in [0.3, 0.4) is 0 Å². The van der Waals surface area contributed by atoms with Crippen LogP contribution in [0.25, 0.3) is 0 Å². The van der Waals surface area contributed by atoms with Crippen LogP contribution >= 0.6 is 11.3 Å². The highest BCUT2D eigenvalue weighted by atomic mass is 32.1. The number of hydrogen-bond acceptors (Lipinski definition) is 5. The van der Waals surface area contributed by atoms with Crippen LogP contribution in [0.15, 0.2) is 29.6 Å². The molecule has 1 heterocycles. The van der Waals surface area contributed by atoms with E-state index in [1.807, 2.05) is 24.4 Å². The van der Waals surface area contributed by atoms with Gasteiger partial charge in [0, 0.05) is 5.38 Å². The van der Waals surface area contributed by atoms with Gasteiger partial charge in [-0.15, -0.1) is 11.3 Å². The van der Waals surface area contributed by atoms with Gasteiger partial charge in [-0.2, -0.15) is 0 Å². The number of aryl methyl sites for hydroxylation is 1. The molecule has 0 saturated heterocycles. The zero-order valence-electron chi connectivity index (χ0n) is 10.6. The number of para-hydroxylation sites is 2. The molecule has 100 valence electrons. The van der Waals surface area contributed by atoms with Gasteiger partial charge < -0.3 is 15.8 Å². The van der Waals surface area contributed by atoms with Crippen molar-refractivity contribution >= 4 is 22.9 Å². The highest BCUT2D eigenvalue weighted by Crippen LogP contribution is 2.19. The van der Waals surface area contributed by atoms with Crippen molar-refractivity contribution in [1.82, 2.24) is 10.3 Å². The molecule has 0 radical (unpaired) electrons. The first kappa shape index (κ1) is 13.4. The number of amides is 1. The molecule has 0 bridgehead atoms. The molecule has 3 N–H and O–H groups in total. The van der Waals surface area contributed by atoms with Crippen molar-refractivity contribution in [2.24, 2.45) is 0 Å². The highest BCUT2D eigenvalue weighted by Gasteiger charge is 2.05. The lowest BCUT2D eigenvalue weighted by Gasteiger charge is -2.08. The van der Waals surface area contributed by atoms with Gasteiger partial charge in [0.1, 0.15) is 5.75 Å². The molecule has 2 aromatic rings. The monoisotopic (exact) mass is 277 g/mol. The number of anilines is 1. The first-order chi connectivity index (χ1) is 9.15. The Kier molecular flexibility index (Phi) is 4.35. The number of carbonyl (C=O) groups excluding carboxylic acids is 1. The number of ether oxygens (including phenoxy) is 1. The van der Waals surface area contributed by atoms with E-state index in [-0.39, 0.29) is 12.5 Å². The Labute approximate surface area is 115 Å². The molecule has 0 spiro atoms. The van der Waals surface area contributed by atoms with E-state index in [0.29, 0.717) is 18.0 Å². The molecule has 0 aliphatic carbocycles. The van der Waals surface area contributed by atoms with Crippen molar-refractivity contribution in [1.29, 1.82) is 0 Å². The molecular weight excluding hydrogens is 262 g/mol. The minimum atomic E-state index is -0.200. The van der Waals surface area contributed by atoms with Crippen molar-refractivity contribution < 1.29 is 9.53 Å². The highest BCUT2D eigenvalue weighted by molar-refractivity contribution is 7.09. The second-order valence-electron chi connectivity index (χ2n) is 3.96. The molecule has 19 heavy (non-hydrogen) atoms. The van der Waals surface area contributed by atoms with Crippen LogP contribution in [0.1, 0.15) is 10.7 Å². The lowest BCUT2D eigenvalue weighted by Crippen LogP contribution is -2.28. The number of thiazole rings is 1. The van der Waals surface area contributed by atoms with Crippen LogP contribution in [-0.2, 0) is 11.3 Å². The zero-order valence-corrected chi connectivity index (χ0v) is 11.4. The fourth-order valence-corrected chi connectivity index (χ4v) is 2.10.